The molecule has 0 aliphatic carbocycles. The number of alkyl halides is 1. The highest BCUT2D eigenvalue weighted by atomic mass is 19.1. The lowest BCUT2D eigenvalue weighted by molar-refractivity contribution is -0.124. The van der Waals surface area contributed by atoms with Gasteiger partial charge in [0.1, 0.15) is 17.8 Å². The number of nitrogens with two attached hydrogens (primary N) is 1. The van der Waals surface area contributed by atoms with E-state index in [1.54, 1.807) is 21.7 Å². The molecule has 3 amide bonds. The van der Waals surface area contributed by atoms with Crippen LogP contribution >= 0.6 is 0 Å². The Hall–Kier alpha value is -3.01. The Labute approximate surface area is 220 Å². The third-order valence-electron chi connectivity index (χ3n) is 7.41. The van der Waals surface area contributed by atoms with Crippen LogP contribution in [-0.4, -0.2) is 135 Å². The average molecular weight is 539 g/mol. The van der Waals surface area contributed by atoms with Crippen LogP contribution in [0.25, 0.3) is 0 Å². The van der Waals surface area contributed by atoms with E-state index >= 15 is 4.39 Å². The zero-order valence-corrected chi connectivity index (χ0v) is 21.7. The number of rotatable bonds is 6. The molecule has 0 saturated carbocycles. The summed E-state index contributed by atoms with van der Waals surface area (Å²) in [6.07, 6.45) is -0.920. The van der Waals surface area contributed by atoms with Gasteiger partial charge >= 0.3 is 6.03 Å². The number of carbonyl (C=O) groups is 2. The van der Waals surface area contributed by atoms with Crippen molar-refractivity contribution in [1.82, 2.24) is 29.9 Å². The monoisotopic (exact) mass is 538 g/mol. The molecule has 3 fully saturated rings. The van der Waals surface area contributed by atoms with E-state index in [9.17, 15) is 18.9 Å². The Kier molecular flexibility index (Phi) is 9.02. The second-order valence-electron chi connectivity index (χ2n) is 10.1. The standard InChI is InChI=1S/C23H36F2N10O3/c1-31-3-5-34(6-4-31)23(37)35-9-7-33(8-10-35)19-16(25)12-27-13-17(19)29-22(36)18(20(26)30-38)21-28-11-15(24)14-32(21)2/h12-13,15,18,20-21,28H,3-11,14,26H2,1-2H3,(H,29,36). The van der Waals surface area contributed by atoms with Crippen LogP contribution in [-0.2, 0) is 4.79 Å². The van der Waals surface area contributed by atoms with Gasteiger partial charge in [0, 0.05) is 65.4 Å². The van der Waals surface area contributed by atoms with Gasteiger partial charge in [-0.1, -0.05) is 5.18 Å². The number of carbonyl (C=O) groups excluding carboxylic acids is 2. The molecular formula is C23H36F2N10O3. The van der Waals surface area contributed by atoms with Crippen molar-refractivity contribution in [3.63, 3.8) is 0 Å². The minimum absolute atomic E-state index is 0.00569. The van der Waals surface area contributed by atoms with Gasteiger partial charge in [0.15, 0.2) is 12.0 Å². The lowest BCUT2D eigenvalue weighted by Gasteiger charge is -2.41. The molecule has 3 saturated heterocycles. The smallest absolute Gasteiger partial charge is 0.320 e. The summed E-state index contributed by atoms with van der Waals surface area (Å²) in [7, 11) is 3.63. The number of amides is 3. The molecule has 4 rings (SSSR count). The Morgan fingerprint density at radius 1 is 1.11 bits per heavy atom. The maximum Gasteiger partial charge on any atom is 0.320 e. The minimum Gasteiger partial charge on any atom is -0.364 e. The van der Waals surface area contributed by atoms with Crippen LogP contribution in [0.4, 0.5) is 25.0 Å². The van der Waals surface area contributed by atoms with Gasteiger partial charge in [-0.05, 0) is 14.1 Å². The van der Waals surface area contributed by atoms with Gasteiger partial charge in [0.25, 0.3) is 0 Å². The van der Waals surface area contributed by atoms with Gasteiger partial charge in [-0.25, -0.2) is 13.6 Å². The van der Waals surface area contributed by atoms with Gasteiger partial charge in [0.2, 0.25) is 5.91 Å². The first-order valence-corrected chi connectivity index (χ1v) is 12.8. The molecule has 4 atom stereocenters. The zero-order chi connectivity index (χ0) is 27.4. The molecule has 4 unspecified atom stereocenters. The highest BCUT2D eigenvalue weighted by Crippen LogP contribution is 2.30. The van der Waals surface area contributed by atoms with Gasteiger partial charge in [-0.2, -0.15) is 0 Å². The summed E-state index contributed by atoms with van der Waals surface area (Å²) in [5.41, 5.74) is 6.13. The molecule has 1 aromatic heterocycles. The number of hydrogen-bond donors (Lipinski definition) is 3. The highest BCUT2D eigenvalue weighted by Gasteiger charge is 2.40. The number of nitroso groups, excluding NO2 is 1. The molecule has 15 heteroatoms. The van der Waals surface area contributed by atoms with E-state index in [-0.39, 0.29) is 30.5 Å². The predicted octanol–water partition coefficient (Wildman–Crippen LogP) is -0.485. The summed E-state index contributed by atoms with van der Waals surface area (Å²) in [5, 5.41) is 8.41. The summed E-state index contributed by atoms with van der Waals surface area (Å²) < 4.78 is 28.8. The molecule has 4 heterocycles. The van der Waals surface area contributed by atoms with Crippen molar-refractivity contribution in [2.24, 2.45) is 16.8 Å². The third-order valence-corrected chi connectivity index (χ3v) is 7.41. The number of nitrogens with one attached hydrogen (secondary N) is 2. The van der Waals surface area contributed by atoms with E-state index in [2.05, 4.69) is 25.7 Å². The van der Waals surface area contributed by atoms with Crippen LogP contribution in [0.5, 0.6) is 0 Å². The topological polar surface area (TPSA) is 143 Å². The van der Waals surface area contributed by atoms with Crippen LogP contribution in [0, 0.1) is 16.6 Å². The van der Waals surface area contributed by atoms with Crippen molar-refractivity contribution in [2.45, 2.75) is 18.5 Å². The number of urea groups is 1. The molecule has 4 N–H and O–H groups in total. The van der Waals surface area contributed by atoms with Crippen LogP contribution in [0.2, 0.25) is 0 Å². The van der Waals surface area contributed by atoms with Gasteiger partial charge < -0.3 is 30.7 Å². The molecule has 13 nitrogen and oxygen atoms in total. The number of likely N-dealkylation sites (N-methyl/N-ethyl adjacent to an activating group) is 1. The molecular weight excluding hydrogens is 502 g/mol. The van der Waals surface area contributed by atoms with Gasteiger partial charge in [-0.3, -0.25) is 20.0 Å². The Balaban J connectivity index is 1.45. The van der Waals surface area contributed by atoms with Crippen molar-refractivity contribution >= 4 is 23.3 Å². The number of anilines is 2. The fourth-order valence-electron chi connectivity index (χ4n) is 5.22. The lowest BCUT2D eigenvalue weighted by Crippen LogP contribution is -2.62. The van der Waals surface area contributed by atoms with E-state index in [0.29, 0.717) is 39.3 Å². The average Bonchev–Trinajstić information content (AvgIpc) is 2.90. The first-order chi connectivity index (χ1) is 18.2. The first kappa shape index (κ1) is 28.0. The Morgan fingerprint density at radius 3 is 2.34 bits per heavy atom. The van der Waals surface area contributed by atoms with Crippen molar-refractivity contribution in [3.8, 4) is 0 Å². The molecule has 0 bridgehead atoms. The highest BCUT2D eigenvalue weighted by molar-refractivity contribution is 5.96. The van der Waals surface area contributed by atoms with Gasteiger partial charge in [-0.15, -0.1) is 4.91 Å². The molecule has 0 spiro atoms. The molecule has 0 aromatic carbocycles. The predicted molar refractivity (Wildman–Crippen MR) is 138 cm³/mol. The van der Waals surface area contributed by atoms with E-state index in [4.69, 9.17) is 5.73 Å². The Bertz CT molecular complexity index is 1000. The van der Waals surface area contributed by atoms with Crippen molar-refractivity contribution in [1.29, 1.82) is 0 Å². The summed E-state index contributed by atoms with van der Waals surface area (Å²) >= 11 is 0. The molecule has 3 aliphatic rings. The quantitative estimate of drug-likeness (QED) is 0.409. The zero-order valence-electron chi connectivity index (χ0n) is 21.7. The summed E-state index contributed by atoms with van der Waals surface area (Å²) in [6, 6.07) is -0.0284. The molecule has 3 aliphatic heterocycles. The number of nitrogens with zero attached hydrogens (tertiary/aromatic N) is 7. The summed E-state index contributed by atoms with van der Waals surface area (Å²) in [4.78, 5) is 50.6. The summed E-state index contributed by atoms with van der Waals surface area (Å²) in [6.45, 7) is 4.52. The van der Waals surface area contributed by atoms with Crippen LogP contribution in [0.15, 0.2) is 17.6 Å². The SMILES string of the molecule is CN1CCN(C(=O)N2CCN(c3c(F)cncc3NC(=O)C(C(N)N=O)C3NCC(F)CN3C)CC2)CC1. The van der Waals surface area contributed by atoms with E-state index in [1.807, 2.05) is 11.9 Å². The fourth-order valence-corrected chi connectivity index (χ4v) is 5.22. The van der Waals surface area contributed by atoms with E-state index in [0.717, 1.165) is 19.3 Å². The minimum atomic E-state index is -1.42. The van der Waals surface area contributed by atoms with Crippen molar-refractivity contribution < 1.29 is 18.4 Å². The first-order valence-electron chi connectivity index (χ1n) is 12.8. The van der Waals surface area contributed by atoms with Crippen LogP contribution < -0.4 is 21.3 Å². The summed E-state index contributed by atoms with van der Waals surface area (Å²) in [5.74, 6) is -2.47. The maximum atomic E-state index is 15.0. The third kappa shape index (κ3) is 6.17. The van der Waals surface area contributed by atoms with Gasteiger partial charge in [0.05, 0.1) is 24.2 Å². The fraction of sp³-hybridized carbons (Fsp3) is 0.696. The molecule has 38 heavy (non-hydrogen) atoms. The second kappa shape index (κ2) is 12.2. The maximum absolute atomic E-state index is 15.0. The number of piperazine rings is 2. The number of aromatic nitrogens is 1. The van der Waals surface area contributed by atoms with E-state index < -0.39 is 36.1 Å². The molecule has 0 radical (unpaired) electrons. The van der Waals surface area contributed by atoms with Crippen molar-refractivity contribution in [3.05, 3.63) is 23.1 Å². The van der Waals surface area contributed by atoms with Crippen molar-refractivity contribution in [2.75, 3.05) is 89.8 Å². The number of halogens is 2. The van der Waals surface area contributed by atoms with Crippen LogP contribution in [0.3, 0.4) is 0 Å². The molecule has 1 aromatic rings. The number of pyridine rings is 1. The largest absolute Gasteiger partial charge is 0.364 e. The Morgan fingerprint density at radius 2 is 1.74 bits per heavy atom. The second-order valence-corrected chi connectivity index (χ2v) is 10.1. The number of hydrogen-bond acceptors (Lipinski definition) is 10. The lowest BCUT2D eigenvalue weighted by atomic mass is 9.98. The molecule has 210 valence electrons. The van der Waals surface area contributed by atoms with Crippen LogP contribution in [0.1, 0.15) is 0 Å². The van der Waals surface area contributed by atoms with E-state index in [1.165, 1.54) is 6.20 Å². The normalized spacial score (nSPS) is 25.1.